The molecule has 3 aliphatic rings. The van der Waals surface area contributed by atoms with Crippen molar-refractivity contribution in [3.8, 4) is 0 Å². The Morgan fingerprint density at radius 2 is 1.82 bits per heavy atom. The molecule has 2 saturated heterocycles. The van der Waals surface area contributed by atoms with E-state index in [1.807, 2.05) is 13.8 Å². The van der Waals surface area contributed by atoms with Crippen molar-refractivity contribution < 1.29 is 46.6 Å². The lowest BCUT2D eigenvalue weighted by Gasteiger charge is -2.30. The zero-order valence-electron chi connectivity index (χ0n) is 22.8. The maximum atomic E-state index is 13.6. The molecule has 13 heteroatoms. The summed E-state index contributed by atoms with van der Waals surface area (Å²) < 4.78 is 47.0. The number of nitrogens with one attached hydrogen (secondary N) is 2. The van der Waals surface area contributed by atoms with Crippen LogP contribution in [-0.4, -0.2) is 78.6 Å². The maximum absolute atomic E-state index is 13.6. The Hall–Kier alpha value is -2.70. The number of ether oxygens (including phenoxy) is 2. The predicted octanol–water partition coefficient (Wildman–Crippen LogP) is 2.10. The number of rotatable bonds is 12. The standard InChI is InChI=1S/C26H38F3N3O7/c1-14(2)9-20(39-24(37)15(3)4)23(36)32-13-25(6-7-25)11-18(32)22(35)31-17(10-16-5-8-30-21(16)34)19(33)12-38-26(27,28)29/h14-18,20H,5-13H2,1-4H3,(H,30,34)(H,31,35)/t16-,17-,18-,20+/m0/s1. The van der Waals surface area contributed by atoms with Crippen LogP contribution in [0, 0.1) is 23.2 Å². The number of halogens is 3. The number of likely N-dealkylation sites (tertiary alicyclic amines) is 1. The maximum Gasteiger partial charge on any atom is 0.522 e. The lowest BCUT2D eigenvalue weighted by molar-refractivity contribution is -0.321. The second-order valence-corrected chi connectivity index (χ2v) is 11.7. The first kappa shape index (κ1) is 30.8. The summed E-state index contributed by atoms with van der Waals surface area (Å²) in [5.74, 6) is -4.24. The number of alkyl halides is 3. The molecule has 2 N–H and O–H groups in total. The highest BCUT2D eigenvalue weighted by Gasteiger charge is 2.56. The number of nitrogens with zero attached hydrogens (tertiary/aromatic N) is 1. The van der Waals surface area contributed by atoms with Crippen LogP contribution in [0.5, 0.6) is 0 Å². The minimum Gasteiger partial charge on any atom is -0.452 e. The van der Waals surface area contributed by atoms with E-state index in [1.165, 1.54) is 4.90 Å². The minimum absolute atomic E-state index is 0.0110. The van der Waals surface area contributed by atoms with Crippen LogP contribution >= 0.6 is 0 Å². The van der Waals surface area contributed by atoms with Crippen LogP contribution in [-0.2, 0) is 33.4 Å². The Kier molecular flexibility index (Phi) is 9.66. The number of carbonyl (C=O) groups is 5. The van der Waals surface area contributed by atoms with E-state index in [4.69, 9.17) is 4.74 Å². The van der Waals surface area contributed by atoms with Gasteiger partial charge in [-0.15, -0.1) is 13.2 Å². The molecule has 0 aromatic heterocycles. The highest BCUT2D eigenvalue weighted by molar-refractivity contribution is 5.95. The lowest BCUT2D eigenvalue weighted by Crippen LogP contribution is -2.54. The van der Waals surface area contributed by atoms with Crippen LogP contribution in [0.2, 0.25) is 0 Å². The van der Waals surface area contributed by atoms with E-state index in [2.05, 4.69) is 15.4 Å². The van der Waals surface area contributed by atoms with Gasteiger partial charge in [0.1, 0.15) is 12.6 Å². The van der Waals surface area contributed by atoms with E-state index in [9.17, 15) is 37.1 Å². The molecule has 0 unspecified atom stereocenters. The average molecular weight is 562 g/mol. The molecule has 39 heavy (non-hydrogen) atoms. The fourth-order valence-corrected chi connectivity index (χ4v) is 5.10. The Bertz CT molecular complexity index is 965. The zero-order valence-corrected chi connectivity index (χ0v) is 22.8. The van der Waals surface area contributed by atoms with E-state index in [0.717, 1.165) is 12.8 Å². The zero-order chi connectivity index (χ0) is 29.1. The Labute approximate surface area is 225 Å². The van der Waals surface area contributed by atoms with Crippen LogP contribution in [0.25, 0.3) is 0 Å². The molecule has 0 aromatic rings. The average Bonchev–Trinajstić information content (AvgIpc) is 3.29. The lowest BCUT2D eigenvalue weighted by atomic mass is 9.95. The first-order chi connectivity index (χ1) is 18.1. The van der Waals surface area contributed by atoms with Crippen molar-refractivity contribution in [3.05, 3.63) is 0 Å². The highest BCUT2D eigenvalue weighted by Crippen LogP contribution is 2.55. The fourth-order valence-electron chi connectivity index (χ4n) is 5.10. The molecule has 220 valence electrons. The Morgan fingerprint density at radius 3 is 2.33 bits per heavy atom. The van der Waals surface area contributed by atoms with E-state index in [0.29, 0.717) is 19.4 Å². The number of ketones is 1. The number of Topliss-reactive ketones (excluding diaryl/α,β-unsaturated/α-hetero) is 1. The SMILES string of the molecule is CC(C)C[C@@H](OC(=O)C(C)C)C(=O)N1CC2(CC2)C[C@H]1C(=O)N[C@@H](C[C@@H]1CCNC1=O)C(=O)COC(F)(F)F. The van der Waals surface area contributed by atoms with Gasteiger partial charge in [-0.25, -0.2) is 0 Å². The van der Waals surface area contributed by atoms with Gasteiger partial charge in [0.15, 0.2) is 11.9 Å². The second-order valence-electron chi connectivity index (χ2n) is 11.7. The normalized spacial score (nSPS) is 23.6. The topological polar surface area (TPSA) is 131 Å². The van der Waals surface area contributed by atoms with Gasteiger partial charge in [-0.3, -0.25) is 28.7 Å². The van der Waals surface area contributed by atoms with Gasteiger partial charge in [-0.1, -0.05) is 27.7 Å². The predicted molar refractivity (Wildman–Crippen MR) is 131 cm³/mol. The summed E-state index contributed by atoms with van der Waals surface area (Å²) in [7, 11) is 0. The summed E-state index contributed by atoms with van der Waals surface area (Å²) in [6, 6.07) is -2.41. The third kappa shape index (κ3) is 8.39. The van der Waals surface area contributed by atoms with Crippen molar-refractivity contribution in [2.45, 2.75) is 90.8 Å². The van der Waals surface area contributed by atoms with Crippen molar-refractivity contribution in [1.82, 2.24) is 15.5 Å². The molecule has 0 radical (unpaired) electrons. The summed E-state index contributed by atoms with van der Waals surface area (Å²) in [4.78, 5) is 65.6. The van der Waals surface area contributed by atoms with Crippen LogP contribution in [0.4, 0.5) is 13.2 Å². The quantitative estimate of drug-likeness (QED) is 0.349. The molecule has 2 aliphatic heterocycles. The van der Waals surface area contributed by atoms with Crippen LogP contribution in [0.1, 0.15) is 66.2 Å². The molecule has 1 spiro atoms. The van der Waals surface area contributed by atoms with Gasteiger partial charge in [0.25, 0.3) is 5.91 Å². The van der Waals surface area contributed by atoms with Crippen LogP contribution < -0.4 is 10.6 Å². The molecule has 3 rings (SSSR count). The van der Waals surface area contributed by atoms with Crippen molar-refractivity contribution in [2.24, 2.45) is 23.2 Å². The molecule has 2 heterocycles. The van der Waals surface area contributed by atoms with Crippen molar-refractivity contribution >= 4 is 29.5 Å². The summed E-state index contributed by atoms with van der Waals surface area (Å²) in [5.41, 5.74) is -0.258. The van der Waals surface area contributed by atoms with E-state index < -0.39 is 66.6 Å². The number of carbonyl (C=O) groups excluding carboxylic acids is 5. The first-order valence-electron chi connectivity index (χ1n) is 13.4. The molecule has 4 atom stereocenters. The first-order valence-corrected chi connectivity index (χ1v) is 13.4. The smallest absolute Gasteiger partial charge is 0.452 e. The molecule has 3 amide bonds. The molecule has 1 aliphatic carbocycles. The molecular weight excluding hydrogens is 523 g/mol. The highest BCUT2D eigenvalue weighted by atomic mass is 19.4. The van der Waals surface area contributed by atoms with Crippen LogP contribution in [0.3, 0.4) is 0 Å². The molecule has 0 bridgehead atoms. The third-order valence-electron chi connectivity index (χ3n) is 7.51. The van der Waals surface area contributed by atoms with Gasteiger partial charge >= 0.3 is 12.3 Å². The molecule has 1 saturated carbocycles. The summed E-state index contributed by atoms with van der Waals surface area (Å²) in [5, 5.41) is 5.12. The molecule has 3 fully saturated rings. The second kappa shape index (κ2) is 12.2. The molecule has 10 nitrogen and oxygen atoms in total. The Balaban J connectivity index is 1.79. The van der Waals surface area contributed by atoms with Gasteiger partial charge in [0.2, 0.25) is 11.8 Å². The van der Waals surface area contributed by atoms with E-state index in [-0.39, 0.29) is 36.6 Å². The molecule has 0 aromatic carbocycles. The van der Waals surface area contributed by atoms with Crippen molar-refractivity contribution in [2.75, 3.05) is 19.7 Å². The van der Waals surface area contributed by atoms with Crippen LogP contribution in [0.15, 0.2) is 0 Å². The van der Waals surface area contributed by atoms with Gasteiger partial charge in [0.05, 0.1) is 12.0 Å². The van der Waals surface area contributed by atoms with Crippen molar-refractivity contribution in [3.63, 3.8) is 0 Å². The van der Waals surface area contributed by atoms with Gasteiger partial charge < -0.3 is 20.3 Å². The van der Waals surface area contributed by atoms with Crippen molar-refractivity contribution in [1.29, 1.82) is 0 Å². The largest absolute Gasteiger partial charge is 0.522 e. The molecular formula is C26H38F3N3O7. The Morgan fingerprint density at radius 1 is 1.15 bits per heavy atom. The van der Waals surface area contributed by atoms with Gasteiger partial charge in [0, 0.05) is 19.0 Å². The van der Waals surface area contributed by atoms with Gasteiger partial charge in [-0.2, -0.15) is 0 Å². The monoisotopic (exact) mass is 561 g/mol. The van der Waals surface area contributed by atoms with Gasteiger partial charge in [-0.05, 0) is 49.9 Å². The third-order valence-corrected chi connectivity index (χ3v) is 7.51. The van der Waals surface area contributed by atoms with E-state index in [1.54, 1.807) is 13.8 Å². The summed E-state index contributed by atoms with van der Waals surface area (Å²) >= 11 is 0. The minimum atomic E-state index is -5.04. The summed E-state index contributed by atoms with van der Waals surface area (Å²) in [6.45, 7) is 6.36. The number of hydrogen-bond donors (Lipinski definition) is 2. The van der Waals surface area contributed by atoms with E-state index >= 15 is 0 Å². The number of hydrogen-bond acceptors (Lipinski definition) is 7. The number of amides is 3. The fraction of sp³-hybridized carbons (Fsp3) is 0.808. The number of esters is 1. The summed E-state index contributed by atoms with van der Waals surface area (Å²) in [6.07, 6.45) is -3.79.